The molecule has 2 saturated heterocycles. The molecule has 6 heteroatoms. The molecule has 2 fully saturated rings. The summed E-state index contributed by atoms with van der Waals surface area (Å²) in [6, 6.07) is 7.24. The van der Waals surface area contributed by atoms with Gasteiger partial charge in [-0.05, 0) is 37.6 Å². The maximum absolute atomic E-state index is 12.2. The van der Waals surface area contributed by atoms with E-state index in [0.29, 0.717) is 19.7 Å². The monoisotopic (exact) mass is 289 g/mol. The molecule has 1 aromatic rings. The highest BCUT2D eigenvalue weighted by atomic mass is 16.5. The molecule has 2 heterocycles. The molecule has 21 heavy (non-hydrogen) atoms. The van der Waals surface area contributed by atoms with Crippen molar-refractivity contribution >= 4 is 23.3 Å². The topological polar surface area (TPSA) is 70.7 Å². The van der Waals surface area contributed by atoms with Gasteiger partial charge in [0.1, 0.15) is 0 Å². The highest BCUT2D eigenvalue weighted by molar-refractivity contribution is 5.95. The fourth-order valence-corrected chi connectivity index (χ4v) is 2.75. The summed E-state index contributed by atoms with van der Waals surface area (Å²) in [5.41, 5.74) is 1.57. The molecule has 1 aromatic carbocycles. The highest BCUT2D eigenvalue weighted by Gasteiger charge is 2.30. The second kappa shape index (κ2) is 5.73. The normalized spacial score (nSPS) is 25.0. The number of ether oxygens (including phenoxy) is 1. The third-order valence-corrected chi connectivity index (χ3v) is 4.02. The Morgan fingerprint density at radius 1 is 1.38 bits per heavy atom. The fraction of sp³-hybridized carbons (Fsp3) is 0.467. The Labute approximate surface area is 123 Å². The second-order valence-electron chi connectivity index (χ2n) is 5.39. The standard InChI is InChI=1S/C15H19N3O3/c1-10-13(6-9-21-10)14(19)17-11-2-4-12(5-3-11)18-8-7-16-15(18)20/h2-5,10,13H,6-9H2,1H3,(H,16,20)(H,17,19). The van der Waals surface area contributed by atoms with E-state index in [4.69, 9.17) is 4.74 Å². The lowest BCUT2D eigenvalue weighted by atomic mass is 10.0. The van der Waals surface area contributed by atoms with Crippen LogP contribution in [-0.4, -0.2) is 37.7 Å². The number of carbonyl (C=O) groups excluding carboxylic acids is 2. The van der Waals surface area contributed by atoms with Crippen molar-refractivity contribution in [1.82, 2.24) is 5.32 Å². The minimum atomic E-state index is -0.0889. The van der Waals surface area contributed by atoms with Crippen LogP contribution in [0.3, 0.4) is 0 Å². The van der Waals surface area contributed by atoms with Gasteiger partial charge in [-0.25, -0.2) is 4.79 Å². The van der Waals surface area contributed by atoms with Gasteiger partial charge < -0.3 is 15.4 Å². The Morgan fingerprint density at radius 2 is 2.14 bits per heavy atom. The van der Waals surface area contributed by atoms with Crippen LogP contribution in [0.1, 0.15) is 13.3 Å². The molecule has 6 nitrogen and oxygen atoms in total. The number of hydrogen-bond acceptors (Lipinski definition) is 3. The van der Waals surface area contributed by atoms with Crippen LogP contribution in [0.25, 0.3) is 0 Å². The SMILES string of the molecule is CC1OCCC1C(=O)Nc1ccc(N2CCNC2=O)cc1. The second-order valence-corrected chi connectivity index (χ2v) is 5.39. The molecule has 3 amide bonds. The minimum Gasteiger partial charge on any atom is -0.378 e. The molecule has 0 spiro atoms. The summed E-state index contributed by atoms with van der Waals surface area (Å²) in [5.74, 6) is -0.0966. The number of nitrogens with zero attached hydrogens (tertiary/aromatic N) is 1. The first-order valence-electron chi connectivity index (χ1n) is 7.23. The summed E-state index contributed by atoms with van der Waals surface area (Å²) in [6.07, 6.45) is 0.733. The molecule has 0 radical (unpaired) electrons. The summed E-state index contributed by atoms with van der Waals surface area (Å²) in [7, 11) is 0. The number of nitrogens with one attached hydrogen (secondary N) is 2. The molecule has 2 unspecified atom stereocenters. The number of amides is 3. The van der Waals surface area contributed by atoms with Gasteiger partial charge in [0.05, 0.1) is 12.0 Å². The van der Waals surface area contributed by atoms with Crippen LogP contribution in [-0.2, 0) is 9.53 Å². The lowest BCUT2D eigenvalue weighted by molar-refractivity contribution is -0.121. The predicted molar refractivity (Wildman–Crippen MR) is 79.3 cm³/mol. The molecule has 0 bridgehead atoms. The van der Waals surface area contributed by atoms with Gasteiger partial charge in [-0.1, -0.05) is 0 Å². The predicted octanol–water partition coefficient (Wildman–Crippen LogP) is 1.58. The van der Waals surface area contributed by atoms with E-state index >= 15 is 0 Å². The van der Waals surface area contributed by atoms with E-state index in [1.54, 1.807) is 4.90 Å². The Balaban J connectivity index is 1.64. The van der Waals surface area contributed by atoms with Crippen molar-refractivity contribution in [3.8, 4) is 0 Å². The highest BCUT2D eigenvalue weighted by Crippen LogP contribution is 2.24. The van der Waals surface area contributed by atoms with Crippen molar-refractivity contribution in [2.75, 3.05) is 29.9 Å². The van der Waals surface area contributed by atoms with E-state index in [2.05, 4.69) is 10.6 Å². The minimum absolute atomic E-state index is 0.00772. The molecule has 2 aliphatic heterocycles. The zero-order chi connectivity index (χ0) is 14.8. The summed E-state index contributed by atoms with van der Waals surface area (Å²) in [4.78, 5) is 25.4. The molecule has 112 valence electrons. The maximum Gasteiger partial charge on any atom is 0.321 e. The van der Waals surface area contributed by atoms with Gasteiger partial charge in [0.15, 0.2) is 0 Å². The van der Waals surface area contributed by atoms with Gasteiger partial charge in [0.25, 0.3) is 0 Å². The summed E-state index contributed by atoms with van der Waals surface area (Å²) in [5, 5.41) is 5.67. The molecule has 2 aliphatic rings. The van der Waals surface area contributed by atoms with Gasteiger partial charge in [0.2, 0.25) is 5.91 Å². The van der Waals surface area contributed by atoms with Crippen molar-refractivity contribution in [3.63, 3.8) is 0 Å². The Morgan fingerprint density at radius 3 is 2.71 bits per heavy atom. The largest absolute Gasteiger partial charge is 0.378 e. The van der Waals surface area contributed by atoms with Crippen LogP contribution in [0.15, 0.2) is 24.3 Å². The molecule has 2 N–H and O–H groups in total. The van der Waals surface area contributed by atoms with E-state index in [0.717, 1.165) is 17.8 Å². The number of hydrogen-bond donors (Lipinski definition) is 2. The Bertz CT molecular complexity index is 544. The van der Waals surface area contributed by atoms with Crippen molar-refractivity contribution in [2.24, 2.45) is 5.92 Å². The van der Waals surface area contributed by atoms with Crippen LogP contribution in [0.2, 0.25) is 0 Å². The van der Waals surface area contributed by atoms with Crippen LogP contribution in [0.4, 0.5) is 16.2 Å². The van der Waals surface area contributed by atoms with Gasteiger partial charge in [-0.3, -0.25) is 9.69 Å². The van der Waals surface area contributed by atoms with Crippen LogP contribution < -0.4 is 15.5 Å². The summed E-state index contributed by atoms with van der Waals surface area (Å²) >= 11 is 0. The number of rotatable bonds is 3. The van der Waals surface area contributed by atoms with Gasteiger partial charge in [-0.15, -0.1) is 0 Å². The van der Waals surface area contributed by atoms with E-state index < -0.39 is 0 Å². The molecule has 2 atom stereocenters. The smallest absolute Gasteiger partial charge is 0.321 e. The summed E-state index contributed by atoms with van der Waals surface area (Å²) in [6.45, 7) is 3.90. The lowest BCUT2D eigenvalue weighted by Crippen LogP contribution is -2.28. The molecule has 0 aliphatic carbocycles. The first-order chi connectivity index (χ1) is 10.1. The van der Waals surface area contributed by atoms with E-state index in [1.807, 2.05) is 31.2 Å². The number of carbonyl (C=O) groups is 2. The molecule has 0 aromatic heterocycles. The molecular weight excluding hydrogens is 270 g/mol. The van der Waals surface area contributed by atoms with Crippen molar-refractivity contribution < 1.29 is 14.3 Å². The molecule has 0 saturated carbocycles. The maximum atomic E-state index is 12.2. The van der Waals surface area contributed by atoms with E-state index in [1.165, 1.54) is 0 Å². The van der Waals surface area contributed by atoms with Gasteiger partial charge >= 0.3 is 6.03 Å². The average molecular weight is 289 g/mol. The van der Waals surface area contributed by atoms with E-state index in [9.17, 15) is 9.59 Å². The van der Waals surface area contributed by atoms with Crippen molar-refractivity contribution in [1.29, 1.82) is 0 Å². The zero-order valence-electron chi connectivity index (χ0n) is 12.0. The van der Waals surface area contributed by atoms with Crippen LogP contribution >= 0.6 is 0 Å². The quantitative estimate of drug-likeness (QED) is 0.887. The first-order valence-corrected chi connectivity index (χ1v) is 7.23. The average Bonchev–Trinajstić information content (AvgIpc) is 3.08. The fourth-order valence-electron chi connectivity index (χ4n) is 2.75. The lowest BCUT2D eigenvalue weighted by Gasteiger charge is -2.16. The first kappa shape index (κ1) is 13.9. The van der Waals surface area contributed by atoms with E-state index in [-0.39, 0.29) is 24.0 Å². The number of anilines is 2. The van der Waals surface area contributed by atoms with Gasteiger partial charge in [-0.2, -0.15) is 0 Å². The van der Waals surface area contributed by atoms with Crippen LogP contribution in [0, 0.1) is 5.92 Å². The van der Waals surface area contributed by atoms with Gasteiger partial charge in [0, 0.05) is 31.1 Å². The number of benzene rings is 1. The van der Waals surface area contributed by atoms with Crippen LogP contribution in [0.5, 0.6) is 0 Å². The summed E-state index contributed by atoms with van der Waals surface area (Å²) < 4.78 is 5.41. The third kappa shape index (κ3) is 2.85. The van der Waals surface area contributed by atoms with Crippen molar-refractivity contribution in [2.45, 2.75) is 19.4 Å². The molecule has 3 rings (SSSR count). The Hall–Kier alpha value is -2.08. The zero-order valence-corrected chi connectivity index (χ0v) is 12.0. The molecular formula is C15H19N3O3. The number of urea groups is 1. The third-order valence-electron chi connectivity index (χ3n) is 4.02. The van der Waals surface area contributed by atoms with Crippen molar-refractivity contribution in [3.05, 3.63) is 24.3 Å². The Kier molecular flexibility index (Phi) is 3.79.